The Kier molecular flexibility index (Phi) is 5.01. The van der Waals surface area contributed by atoms with E-state index < -0.39 is 15.9 Å². The van der Waals surface area contributed by atoms with Crippen molar-refractivity contribution in [3.05, 3.63) is 64.7 Å². The van der Waals surface area contributed by atoms with Gasteiger partial charge in [-0.25, -0.2) is 8.42 Å². The van der Waals surface area contributed by atoms with Crippen molar-refractivity contribution in [2.75, 3.05) is 10.0 Å². The molecule has 0 aliphatic rings. The minimum Gasteiger partial charge on any atom is -0.296 e. The van der Waals surface area contributed by atoms with Crippen molar-refractivity contribution in [2.45, 2.75) is 18.7 Å². The van der Waals surface area contributed by atoms with Crippen LogP contribution in [0.2, 0.25) is 0 Å². The number of carbonyl (C=O) groups is 1. The molecule has 0 atom stereocenters. The van der Waals surface area contributed by atoms with Gasteiger partial charge in [-0.3, -0.25) is 14.8 Å². The van der Waals surface area contributed by atoms with Crippen LogP contribution in [-0.2, 0) is 10.0 Å². The van der Waals surface area contributed by atoms with Crippen LogP contribution in [0.3, 0.4) is 0 Å². The van der Waals surface area contributed by atoms with E-state index in [0.717, 1.165) is 11.1 Å². The number of anilines is 2. The van der Waals surface area contributed by atoms with Gasteiger partial charge in [-0.15, -0.1) is 10.2 Å². The van der Waals surface area contributed by atoms with E-state index in [1.165, 1.54) is 41.1 Å². The molecule has 9 heteroatoms. The number of nitrogens with one attached hydrogen (secondary N) is 2. The summed E-state index contributed by atoms with van der Waals surface area (Å²) in [6.45, 7) is 3.77. The van der Waals surface area contributed by atoms with Crippen molar-refractivity contribution in [3.63, 3.8) is 0 Å². The number of hydrogen-bond acceptors (Lipinski definition) is 6. The third-order valence-electron chi connectivity index (χ3n) is 3.61. The van der Waals surface area contributed by atoms with Gasteiger partial charge in [-0.05, 0) is 43.7 Å². The summed E-state index contributed by atoms with van der Waals surface area (Å²) < 4.78 is 27.9. The Morgan fingerprint density at radius 2 is 1.92 bits per heavy atom. The minimum absolute atomic E-state index is 0.00221. The Balaban J connectivity index is 1.85. The molecule has 2 aromatic carbocycles. The number of nitrogens with zero attached hydrogens (tertiary/aromatic N) is 2. The fourth-order valence-electron chi connectivity index (χ4n) is 2.33. The molecular formula is C17H16N4O3S2. The summed E-state index contributed by atoms with van der Waals surface area (Å²) in [6.07, 6.45) is 0. The van der Waals surface area contributed by atoms with Crippen molar-refractivity contribution < 1.29 is 13.2 Å². The summed E-state index contributed by atoms with van der Waals surface area (Å²) in [7, 11) is -3.82. The van der Waals surface area contributed by atoms with Gasteiger partial charge in [0.2, 0.25) is 5.13 Å². The molecule has 0 spiro atoms. The lowest BCUT2D eigenvalue weighted by Gasteiger charge is -2.12. The molecule has 2 N–H and O–H groups in total. The molecule has 0 radical (unpaired) electrons. The van der Waals surface area contributed by atoms with Crippen LogP contribution in [0.5, 0.6) is 0 Å². The average Bonchev–Trinajstić information content (AvgIpc) is 3.10. The molecule has 0 saturated carbocycles. The first-order valence-electron chi connectivity index (χ1n) is 7.63. The van der Waals surface area contributed by atoms with E-state index in [9.17, 15) is 13.2 Å². The first-order valence-corrected chi connectivity index (χ1v) is 9.99. The molecule has 1 amide bonds. The highest BCUT2D eigenvalue weighted by Crippen LogP contribution is 2.21. The molecule has 0 unspecified atom stereocenters. The molecule has 1 aromatic heterocycles. The topological polar surface area (TPSA) is 101 Å². The number of sulfonamides is 1. The van der Waals surface area contributed by atoms with Crippen molar-refractivity contribution in [3.8, 4) is 0 Å². The second-order valence-corrected chi connectivity index (χ2v) is 8.17. The third kappa shape index (κ3) is 4.06. The zero-order chi connectivity index (χ0) is 18.7. The molecule has 0 fully saturated rings. The second-order valence-electron chi connectivity index (χ2n) is 5.65. The Morgan fingerprint density at radius 1 is 1.12 bits per heavy atom. The van der Waals surface area contributed by atoms with Gasteiger partial charge in [-0.2, -0.15) is 0 Å². The third-order valence-corrected chi connectivity index (χ3v) is 5.58. The fourth-order valence-corrected chi connectivity index (χ4v) is 3.95. The molecule has 0 saturated heterocycles. The second kappa shape index (κ2) is 7.22. The maximum absolute atomic E-state index is 12.7. The number of aromatic nitrogens is 2. The predicted octanol–water partition coefficient (Wildman–Crippen LogP) is 3.21. The number of aryl methyl sites for hydroxylation is 2. The molecular weight excluding hydrogens is 372 g/mol. The Morgan fingerprint density at radius 3 is 2.62 bits per heavy atom. The van der Waals surface area contributed by atoms with Crippen LogP contribution in [-0.4, -0.2) is 24.5 Å². The molecule has 26 heavy (non-hydrogen) atoms. The van der Waals surface area contributed by atoms with Gasteiger partial charge in [0, 0.05) is 5.56 Å². The summed E-state index contributed by atoms with van der Waals surface area (Å²) in [4.78, 5) is 12.3. The van der Waals surface area contributed by atoms with Gasteiger partial charge >= 0.3 is 0 Å². The SMILES string of the molecule is Cc1ccc(NS(=O)(=O)c2cccc(C(=O)Nc3nncs3)c2)c(C)c1. The average molecular weight is 388 g/mol. The smallest absolute Gasteiger partial charge is 0.261 e. The van der Waals surface area contributed by atoms with Gasteiger partial charge in [0.1, 0.15) is 5.51 Å². The first-order chi connectivity index (χ1) is 12.3. The highest BCUT2D eigenvalue weighted by Gasteiger charge is 2.18. The summed E-state index contributed by atoms with van der Waals surface area (Å²) in [5.41, 5.74) is 4.06. The van der Waals surface area contributed by atoms with Crippen LogP contribution >= 0.6 is 11.3 Å². The number of carbonyl (C=O) groups excluding carboxylic acids is 1. The van der Waals surface area contributed by atoms with Crippen LogP contribution < -0.4 is 10.0 Å². The first kappa shape index (κ1) is 18.0. The fraction of sp³-hybridized carbons (Fsp3) is 0.118. The van der Waals surface area contributed by atoms with E-state index in [1.807, 2.05) is 26.0 Å². The van der Waals surface area contributed by atoms with E-state index >= 15 is 0 Å². The van der Waals surface area contributed by atoms with Gasteiger partial charge < -0.3 is 0 Å². The Labute approximate surface area is 155 Å². The summed E-state index contributed by atoms with van der Waals surface area (Å²) >= 11 is 1.18. The summed E-state index contributed by atoms with van der Waals surface area (Å²) in [5, 5.41) is 10.3. The summed E-state index contributed by atoms with van der Waals surface area (Å²) in [5.74, 6) is -0.453. The maximum atomic E-state index is 12.7. The summed E-state index contributed by atoms with van der Waals surface area (Å²) in [6, 6.07) is 11.3. The molecule has 134 valence electrons. The molecule has 7 nitrogen and oxygen atoms in total. The lowest BCUT2D eigenvalue weighted by molar-refractivity contribution is 0.102. The van der Waals surface area contributed by atoms with E-state index in [0.29, 0.717) is 10.8 Å². The zero-order valence-electron chi connectivity index (χ0n) is 14.1. The van der Waals surface area contributed by atoms with Crippen molar-refractivity contribution in [2.24, 2.45) is 0 Å². The highest BCUT2D eigenvalue weighted by atomic mass is 32.2. The monoisotopic (exact) mass is 388 g/mol. The number of amides is 1. The molecule has 0 aliphatic carbocycles. The lowest BCUT2D eigenvalue weighted by atomic mass is 10.1. The van der Waals surface area contributed by atoms with Crippen molar-refractivity contribution in [1.82, 2.24) is 10.2 Å². The minimum atomic E-state index is -3.82. The quantitative estimate of drug-likeness (QED) is 0.699. The molecule has 0 aliphatic heterocycles. The molecule has 1 heterocycles. The van der Waals surface area contributed by atoms with Crippen molar-refractivity contribution in [1.29, 1.82) is 0 Å². The van der Waals surface area contributed by atoms with Gasteiger partial charge in [0.15, 0.2) is 0 Å². The van der Waals surface area contributed by atoms with Crippen LogP contribution in [0.25, 0.3) is 0 Å². The Hall–Kier alpha value is -2.78. The molecule has 3 rings (SSSR count). The number of rotatable bonds is 5. The standard InChI is InChI=1S/C17H16N4O3S2/c1-11-6-7-15(12(2)8-11)21-26(23,24)14-5-3-4-13(9-14)16(22)19-17-20-18-10-25-17/h3-10,21H,1-2H3,(H,19,20,22). The lowest BCUT2D eigenvalue weighted by Crippen LogP contribution is -2.16. The van der Waals surface area contributed by atoms with Gasteiger partial charge in [0.05, 0.1) is 10.6 Å². The van der Waals surface area contributed by atoms with Crippen LogP contribution in [0.1, 0.15) is 21.5 Å². The van der Waals surface area contributed by atoms with E-state index in [4.69, 9.17) is 0 Å². The normalized spacial score (nSPS) is 11.2. The highest BCUT2D eigenvalue weighted by molar-refractivity contribution is 7.92. The van der Waals surface area contributed by atoms with Crippen LogP contribution in [0.4, 0.5) is 10.8 Å². The predicted molar refractivity (Wildman–Crippen MR) is 101 cm³/mol. The van der Waals surface area contributed by atoms with E-state index in [-0.39, 0.29) is 10.5 Å². The zero-order valence-corrected chi connectivity index (χ0v) is 15.7. The van der Waals surface area contributed by atoms with E-state index in [1.54, 1.807) is 6.07 Å². The Bertz CT molecular complexity index is 1050. The van der Waals surface area contributed by atoms with E-state index in [2.05, 4.69) is 20.2 Å². The van der Waals surface area contributed by atoms with Gasteiger partial charge in [-0.1, -0.05) is 35.1 Å². The number of hydrogen-bond donors (Lipinski definition) is 2. The van der Waals surface area contributed by atoms with Crippen LogP contribution in [0.15, 0.2) is 52.9 Å². The van der Waals surface area contributed by atoms with Crippen molar-refractivity contribution >= 4 is 38.1 Å². The largest absolute Gasteiger partial charge is 0.296 e. The van der Waals surface area contributed by atoms with Crippen LogP contribution in [0, 0.1) is 13.8 Å². The maximum Gasteiger partial charge on any atom is 0.261 e. The molecule has 0 bridgehead atoms. The number of benzene rings is 2. The molecule has 3 aromatic rings. The van der Waals surface area contributed by atoms with Gasteiger partial charge in [0.25, 0.3) is 15.9 Å².